The lowest BCUT2D eigenvalue weighted by molar-refractivity contribution is -0.00833. The van der Waals surface area contributed by atoms with Gasteiger partial charge in [0.2, 0.25) is 0 Å². The van der Waals surface area contributed by atoms with E-state index in [-0.39, 0.29) is 12.2 Å². The average Bonchev–Trinajstić information content (AvgIpc) is 3.12. The fourth-order valence-corrected chi connectivity index (χ4v) is 3.41. The van der Waals surface area contributed by atoms with Crippen LogP contribution in [-0.2, 0) is 16.5 Å². The topological polar surface area (TPSA) is 63.9 Å². The molecule has 0 aliphatic carbocycles. The van der Waals surface area contributed by atoms with Gasteiger partial charge in [-0.2, -0.15) is 5.10 Å². The highest BCUT2D eigenvalue weighted by molar-refractivity contribution is 6.30. The van der Waals surface area contributed by atoms with Gasteiger partial charge in [0.05, 0.1) is 25.5 Å². The van der Waals surface area contributed by atoms with Gasteiger partial charge in [-0.15, -0.1) is 0 Å². The summed E-state index contributed by atoms with van der Waals surface area (Å²) < 4.78 is 13.3. The van der Waals surface area contributed by atoms with Crippen LogP contribution in [0.15, 0.2) is 41.7 Å². The van der Waals surface area contributed by atoms with Crippen molar-refractivity contribution in [2.75, 3.05) is 40.4 Å². The maximum Gasteiger partial charge on any atom is 0.193 e. The third-order valence-corrected chi connectivity index (χ3v) is 4.86. The third kappa shape index (κ3) is 5.00. The van der Waals surface area contributed by atoms with E-state index in [1.165, 1.54) is 0 Å². The van der Waals surface area contributed by atoms with E-state index in [0.29, 0.717) is 18.2 Å². The molecule has 1 saturated heterocycles. The molecule has 3 rings (SSSR count). The molecule has 2 unspecified atom stereocenters. The van der Waals surface area contributed by atoms with Crippen molar-refractivity contribution >= 4 is 17.6 Å². The van der Waals surface area contributed by atoms with E-state index in [4.69, 9.17) is 21.1 Å². The minimum absolute atomic E-state index is 0.0165. The summed E-state index contributed by atoms with van der Waals surface area (Å²) in [5.74, 6) is 0.830. The predicted molar refractivity (Wildman–Crippen MR) is 106 cm³/mol. The van der Waals surface area contributed by atoms with Gasteiger partial charge in [0.25, 0.3) is 0 Å². The lowest BCUT2D eigenvalue weighted by Gasteiger charge is -2.35. The Hall–Kier alpha value is -2.09. The number of ether oxygens (including phenoxy) is 2. The Balaban J connectivity index is 1.62. The Labute approximate surface area is 164 Å². The van der Waals surface area contributed by atoms with Crippen molar-refractivity contribution in [2.45, 2.75) is 12.2 Å². The number of methoxy groups -OCH3 is 1. The van der Waals surface area contributed by atoms with E-state index >= 15 is 0 Å². The van der Waals surface area contributed by atoms with Crippen LogP contribution in [0.2, 0.25) is 5.02 Å². The van der Waals surface area contributed by atoms with Crippen molar-refractivity contribution in [3.8, 4) is 0 Å². The second-order valence-electron chi connectivity index (χ2n) is 6.46. The highest BCUT2D eigenvalue weighted by Gasteiger charge is 2.25. The van der Waals surface area contributed by atoms with Gasteiger partial charge in [-0.05, 0) is 17.7 Å². The van der Waals surface area contributed by atoms with Crippen molar-refractivity contribution in [3.63, 3.8) is 0 Å². The van der Waals surface area contributed by atoms with E-state index in [1.807, 2.05) is 43.7 Å². The molecule has 8 heteroatoms. The molecule has 1 aromatic heterocycles. The van der Waals surface area contributed by atoms with E-state index < -0.39 is 0 Å². The minimum Gasteiger partial charge on any atom is -0.375 e. The van der Waals surface area contributed by atoms with Crippen LogP contribution in [0.1, 0.15) is 23.3 Å². The third-order valence-electron chi connectivity index (χ3n) is 4.62. The first-order chi connectivity index (χ1) is 13.1. The van der Waals surface area contributed by atoms with Gasteiger partial charge in [-0.3, -0.25) is 9.67 Å². The normalized spacial score (nSPS) is 19.2. The lowest BCUT2D eigenvalue weighted by Crippen LogP contribution is -2.49. The summed E-state index contributed by atoms with van der Waals surface area (Å²) in [5.41, 5.74) is 2.11. The number of rotatable bonds is 5. The van der Waals surface area contributed by atoms with Gasteiger partial charge in [0, 0.05) is 51.1 Å². The zero-order chi connectivity index (χ0) is 19.2. The van der Waals surface area contributed by atoms with Crippen molar-refractivity contribution in [2.24, 2.45) is 12.0 Å². The zero-order valence-corrected chi connectivity index (χ0v) is 16.7. The van der Waals surface area contributed by atoms with E-state index in [1.54, 1.807) is 18.8 Å². The second-order valence-corrected chi connectivity index (χ2v) is 6.90. The van der Waals surface area contributed by atoms with Crippen LogP contribution in [0.25, 0.3) is 0 Å². The van der Waals surface area contributed by atoms with Crippen molar-refractivity contribution in [3.05, 3.63) is 52.8 Å². The first kappa shape index (κ1) is 19.7. The molecule has 2 aromatic rings. The first-order valence-corrected chi connectivity index (χ1v) is 9.32. The molecule has 1 aliphatic heterocycles. The van der Waals surface area contributed by atoms with Gasteiger partial charge in [0.1, 0.15) is 6.10 Å². The summed E-state index contributed by atoms with van der Waals surface area (Å²) in [5, 5.41) is 8.36. The van der Waals surface area contributed by atoms with Gasteiger partial charge in [-0.25, -0.2) is 0 Å². The van der Waals surface area contributed by atoms with Gasteiger partial charge in [-0.1, -0.05) is 23.7 Å². The summed E-state index contributed by atoms with van der Waals surface area (Å²) in [6, 6.07) is 7.72. The van der Waals surface area contributed by atoms with E-state index in [2.05, 4.69) is 20.3 Å². The largest absolute Gasteiger partial charge is 0.375 e. The molecule has 0 saturated carbocycles. The Bertz CT molecular complexity index is 779. The van der Waals surface area contributed by atoms with Crippen molar-refractivity contribution < 1.29 is 9.47 Å². The maximum atomic E-state index is 6.10. The highest BCUT2D eigenvalue weighted by Crippen LogP contribution is 2.22. The van der Waals surface area contributed by atoms with Crippen LogP contribution in [0.3, 0.4) is 0 Å². The Morgan fingerprint density at radius 3 is 3.04 bits per heavy atom. The first-order valence-electron chi connectivity index (χ1n) is 8.94. The fraction of sp³-hybridized carbons (Fsp3) is 0.474. The van der Waals surface area contributed by atoms with Crippen LogP contribution < -0.4 is 5.32 Å². The SMILES string of the molecule is CN=C(NCC(OC)c1cccc(Cl)c1)N1CCOC(c2cnn(C)c2)C1. The molecule has 1 aromatic carbocycles. The average molecular weight is 392 g/mol. The van der Waals surface area contributed by atoms with Gasteiger partial charge < -0.3 is 19.7 Å². The van der Waals surface area contributed by atoms with Crippen LogP contribution >= 0.6 is 11.6 Å². The van der Waals surface area contributed by atoms with Crippen LogP contribution in [0.5, 0.6) is 0 Å². The van der Waals surface area contributed by atoms with Gasteiger partial charge in [0.15, 0.2) is 5.96 Å². The number of aryl methyl sites for hydroxylation is 1. The van der Waals surface area contributed by atoms with Crippen LogP contribution in [0, 0.1) is 0 Å². The van der Waals surface area contributed by atoms with Crippen LogP contribution in [0.4, 0.5) is 0 Å². The summed E-state index contributed by atoms with van der Waals surface area (Å²) in [6.45, 7) is 2.74. The lowest BCUT2D eigenvalue weighted by atomic mass is 10.1. The molecule has 27 heavy (non-hydrogen) atoms. The number of hydrogen-bond donors (Lipinski definition) is 1. The molecule has 0 spiro atoms. The second kappa shape index (κ2) is 9.21. The number of morpholine rings is 1. The summed E-state index contributed by atoms with van der Waals surface area (Å²) in [7, 11) is 5.40. The summed E-state index contributed by atoms with van der Waals surface area (Å²) >= 11 is 6.10. The molecule has 0 bridgehead atoms. The molecule has 146 valence electrons. The predicted octanol–water partition coefficient (Wildman–Crippen LogP) is 2.41. The van der Waals surface area contributed by atoms with Crippen molar-refractivity contribution in [1.29, 1.82) is 0 Å². The number of hydrogen-bond acceptors (Lipinski definition) is 4. The summed E-state index contributed by atoms with van der Waals surface area (Å²) in [6.07, 6.45) is 3.71. The number of halogens is 1. The maximum absolute atomic E-state index is 6.10. The molecule has 2 atom stereocenters. The summed E-state index contributed by atoms with van der Waals surface area (Å²) in [4.78, 5) is 6.64. The Kier molecular flexibility index (Phi) is 6.71. The molecular formula is C19H26ClN5O2. The monoisotopic (exact) mass is 391 g/mol. The van der Waals surface area contributed by atoms with Crippen LogP contribution in [-0.4, -0.2) is 61.0 Å². The molecule has 0 radical (unpaired) electrons. The number of aliphatic imine (C=N–C) groups is 1. The molecule has 1 aliphatic rings. The number of aromatic nitrogens is 2. The zero-order valence-electron chi connectivity index (χ0n) is 15.9. The molecule has 1 fully saturated rings. The standard InChI is InChI=1S/C19H26ClN5O2/c1-21-19(22-11-17(26-3)14-5-4-6-16(20)9-14)25-7-8-27-18(13-25)15-10-23-24(2)12-15/h4-6,9-10,12,17-18H,7-8,11,13H2,1-3H3,(H,21,22). The molecule has 2 heterocycles. The highest BCUT2D eigenvalue weighted by atomic mass is 35.5. The molecular weight excluding hydrogens is 366 g/mol. The molecule has 7 nitrogen and oxygen atoms in total. The van der Waals surface area contributed by atoms with Crippen molar-refractivity contribution in [1.82, 2.24) is 20.0 Å². The number of guanidine groups is 1. The van der Waals surface area contributed by atoms with Gasteiger partial charge >= 0.3 is 0 Å². The van der Waals surface area contributed by atoms with E-state index in [9.17, 15) is 0 Å². The Morgan fingerprint density at radius 1 is 1.52 bits per heavy atom. The molecule has 0 amide bonds. The number of nitrogens with zero attached hydrogens (tertiary/aromatic N) is 4. The number of benzene rings is 1. The quantitative estimate of drug-likeness (QED) is 0.626. The molecule has 1 N–H and O–H groups in total. The Morgan fingerprint density at radius 2 is 2.37 bits per heavy atom. The number of nitrogens with one attached hydrogen (secondary N) is 1. The van der Waals surface area contributed by atoms with E-state index in [0.717, 1.165) is 30.2 Å². The fourth-order valence-electron chi connectivity index (χ4n) is 3.21. The minimum atomic E-state index is -0.115. The smallest absolute Gasteiger partial charge is 0.193 e.